The van der Waals surface area contributed by atoms with Crippen molar-refractivity contribution < 1.29 is 13.2 Å². The normalized spacial score (nSPS) is 24.4. The molecule has 1 aromatic carbocycles. The molecule has 1 saturated carbocycles. The Balaban J connectivity index is 2.16. The zero-order valence-corrected chi connectivity index (χ0v) is 13.8. The van der Waals surface area contributed by atoms with Gasteiger partial charge in [0.05, 0.1) is 11.0 Å². The maximum atomic E-state index is 11.6. The van der Waals surface area contributed by atoms with E-state index in [0.29, 0.717) is 12.2 Å². The fourth-order valence-corrected chi connectivity index (χ4v) is 3.62. The Morgan fingerprint density at radius 2 is 2.10 bits per heavy atom. The van der Waals surface area contributed by atoms with E-state index in [4.69, 9.17) is 9.88 Å². The standard InChI is InChI=1S/C15H24N2O3S/c1-5-20-14-9-13(15(14,3)4)17-11-7-6-10(2)12(8-11)21(16,18)19/h6-8,13-14,17H,5,9H2,1-4H3,(H2,16,18,19). The van der Waals surface area contributed by atoms with Crippen molar-refractivity contribution in [2.45, 2.75) is 51.2 Å². The van der Waals surface area contributed by atoms with Crippen molar-refractivity contribution in [1.29, 1.82) is 0 Å². The first-order valence-electron chi connectivity index (χ1n) is 7.18. The number of hydrogen-bond donors (Lipinski definition) is 2. The van der Waals surface area contributed by atoms with Gasteiger partial charge >= 0.3 is 0 Å². The van der Waals surface area contributed by atoms with Gasteiger partial charge in [0.1, 0.15) is 0 Å². The highest BCUT2D eigenvalue weighted by Gasteiger charge is 2.48. The number of primary sulfonamides is 1. The van der Waals surface area contributed by atoms with E-state index in [0.717, 1.165) is 12.1 Å². The van der Waals surface area contributed by atoms with Crippen LogP contribution in [0.1, 0.15) is 32.8 Å². The minimum absolute atomic E-state index is 0.0165. The molecular weight excluding hydrogens is 288 g/mol. The van der Waals surface area contributed by atoms with E-state index in [1.807, 2.05) is 13.0 Å². The van der Waals surface area contributed by atoms with Crippen LogP contribution in [0.15, 0.2) is 23.1 Å². The van der Waals surface area contributed by atoms with Gasteiger partial charge in [-0.05, 0) is 38.0 Å². The zero-order valence-electron chi connectivity index (χ0n) is 13.0. The lowest BCUT2D eigenvalue weighted by Gasteiger charge is -2.52. The van der Waals surface area contributed by atoms with E-state index < -0.39 is 10.0 Å². The van der Waals surface area contributed by atoms with Crippen molar-refractivity contribution in [1.82, 2.24) is 0 Å². The monoisotopic (exact) mass is 312 g/mol. The summed E-state index contributed by atoms with van der Waals surface area (Å²) >= 11 is 0. The molecule has 118 valence electrons. The van der Waals surface area contributed by atoms with Crippen LogP contribution in [-0.4, -0.2) is 27.2 Å². The Morgan fingerprint density at radius 1 is 1.43 bits per heavy atom. The molecule has 1 fully saturated rings. The van der Waals surface area contributed by atoms with Gasteiger partial charge in [-0.1, -0.05) is 19.9 Å². The van der Waals surface area contributed by atoms with Gasteiger partial charge in [0.2, 0.25) is 10.0 Å². The molecule has 0 bridgehead atoms. The summed E-state index contributed by atoms with van der Waals surface area (Å²) in [7, 11) is -3.69. The van der Waals surface area contributed by atoms with Gasteiger partial charge in [0.15, 0.2) is 0 Å². The molecule has 1 aliphatic rings. The summed E-state index contributed by atoms with van der Waals surface area (Å²) in [6.07, 6.45) is 1.16. The predicted octanol–water partition coefficient (Wildman–Crippen LogP) is 2.26. The van der Waals surface area contributed by atoms with Crippen LogP contribution in [0.2, 0.25) is 0 Å². The number of hydrogen-bond acceptors (Lipinski definition) is 4. The van der Waals surface area contributed by atoms with Crippen LogP contribution in [0.25, 0.3) is 0 Å². The van der Waals surface area contributed by atoms with Crippen LogP contribution >= 0.6 is 0 Å². The number of nitrogens with two attached hydrogens (primary N) is 1. The quantitative estimate of drug-likeness (QED) is 0.874. The number of rotatable bonds is 5. The third kappa shape index (κ3) is 3.22. The average molecular weight is 312 g/mol. The van der Waals surface area contributed by atoms with E-state index in [2.05, 4.69) is 19.2 Å². The van der Waals surface area contributed by atoms with Gasteiger partial charge in [-0.3, -0.25) is 0 Å². The van der Waals surface area contributed by atoms with E-state index in [1.54, 1.807) is 19.1 Å². The van der Waals surface area contributed by atoms with Gasteiger partial charge < -0.3 is 10.1 Å². The van der Waals surface area contributed by atoms with Gasteiger partial charge in [-0.25, -0.2) is 13.6 Å². The lowest BCUT2D eigenvalue weighted by atomic mass is 9.64. The molecular formula is C15H24N2O3S. The Morgan fingerprint density at radius 3 is 2.62 bits per heavy atom. The molecule has 1 aliphatic carbocycles. The fraction of sp³-hybridized carbons (Fsp3) is 0.600. The number of ether oxygens (including phenoxy) is 1. The molecule has 0 spiro atoms. The van der Waals surface area contributed by atoms with Crippen molar-refractivity contribution in [2.75, 3.05) is 11.9 Å². The summed E-state index contributed by atoms with van der Waals surface area (Å²) in [6.45, 7) is 8.75. The van der Waals surface area contributed by atoms with Crippen LogP contribution in [0.3, 0.4) is 0 Å². The highest BCUT2D eigenvalue weighted by Crippen LogP contribution is 2.44. The van der Waals surface area contributed by atoms with Crippen molar-refractivity contribution in [3.8, 4) is 0 Å². The smallest absolute Gasteiger partial charge is 0.238 e. The van der Waals surface area contributed by atoms with Gasteiger partial charge in [0, 0.05) is 23.8 Å². The SMILES string of the molecule is CCOC1CC(Nc2ccc(C)c(S(N)(=O)=O)c2)C1(C)C. The zero-order chi connectivity index (χ0) is 15.8. The molecule has 6 heteroatoms. The largest absolute Gasteiger partial charge is 0.382 e. The van der Waals surface area contributed by atoms with Gasteiger partial charge in [-0.2, -0.15) is 0 Å². The first-order chi connectivity index (χ1) is 9.66. The maximum absolute atomic E-state index is 11.6. The highest BCUT2D eigenvalue weighted by atomic mass is 32.2. The topological polar surface area (TPSA) is 81.4 Å². The molecule has 5 nitrogen and oxygen atoms in total. The number of aryl methyl sites for hydroxylation is 1. The molecule has 2 rings (SSSR count). The second-order valence-corrected chi connectivity index (χ2v) is 7.75. The van der Waals surface area contributed by atoms with Crippen LogP contribution in [0.4, 0.5) is 5.69 Å². The first kappa shape index (κ1) is 16.3. The Bertz CT molecular complexity index is 626. The number of benzene rings is 1. The second kappa shape index (κ2) is 5.59. The number of nitrogens with one attached hydrogen (secondary N) is 1. The average Bonchev–Trinajstić information content (AvgIpc) is 2.38. The van der Waals surface area contributed by atoms with Crippen LogP contribution in [0, 0.1) is 12.3 Å². The lowest BCUT2D eigenvalue weighted by Crippen LogP contribution is -2.58. The summed E-state index contributed by atoms with van der Waals surface area (Å²) in [5, 5.41) is 8.64. The highest BCUT2D eigenvalue weighted by molar-refractivity contribution is 7.89. The molecule has 2 atom stereocenters. The van der Waals surface area contributed by atoms with Crippen LogP contribution in [-0.2, 0) is 14.8 Å². The summed E-state index contributed by atoms with van der Waals surface area (Å²) in [5.74, 6) is 0. The molecule has 0 radical (unpaired) electrons. The first-order valence-corrected chi connectivity index (χ1v) is 8.72. The minimum Gasteiger partial charge on any atom is -0.382 e. The molecule has 0 aliphatic heterocycles. The summed E-state index contributed by atoms with van der Waals surface area (Å²) < 4.78 is 28.8. The Labute approximate surface area is 126 Å². The molecule has 0 aromatic heterocycles. The molecule has 0 saturated heterocycles. The second-order valence-electron chi connectivity index (χ2n) is 6.22. The van der Waals surface area contributed by atoms with Gasteiger partial charge in [0.25, 0.3) is 0 Å². The van der Waals surface area contributed by atoms with E-state index >= 15 is 0 Å². The van der Waals surface area contributed by atoms with Crippen molar-refractivity contribution in [3.63, 3.8) is 0 Å². The third-order valence-electron chi connectivity index (χ3n) is 4.38. The Kier molecular flexibility index (Phi) is 4.33. The van der Waals surface area contributed by atoms with Gasteiger partial charge in [-0.15, -0.1) is 0 Å². The molecule has 2 unspecified atom stereocenters. The molecule has 0 heterocycles. The summed E-state index contributed by atoms with van der Waals surface area (Å²) in [6, 6.07) is 5.52. The minimum atomic E-state index is -3.69. The molecule has 1 aromatic rings. The molecule has 21 heavy (non-hydrogen) atoms. The molecule has 0 amide bonds. The van der Waals surface area contributed by atoms with E-state index in [9.17, 15) is 8.42 Å². The number of anilines is 1. The van der Waals surface area contributed by atoms with Crippen molar-refractivity contribution in [3.05, 3.63) is 23.8 Å². The van der Waals surface area contributed by atoms with Crippen LogP contribution < -0.4 is 10.5 Å². The van der Waals surface area contributed by atoms with Crippen LogP contribution in [0.5, 0.6) is 0 Å². The summed E-state index contributed by atoms with van der Waals surface area (Å²) in [4.78, 5) is 0.172. The van der Waals surface area contributed by atoms with E-state index in [-0.39, 0.29) is 22.5 Å². The Hall–Kier alpha value is -1.11. The third-order valence-corrected chi connectivity index (χ3v) is 5.43. The lowest BCUT2D eigenvalue weighted by molar-refractivity contribution is -0.0976. The fourth-order valence-electron chi connectivity index (χ4n) is 2.81. The number of sulfonamides is 1. The predicted molar refractivity (Wildman–Crippen MR) is 83.8 cm³/mol. The van der Waals surface area contributed by atoms with Crippen molar-refractivity contribution >= 4 is 15.7 Å². The van der Waals surface area contributed by atoms with Crippen molar-refractivity contribution in [2.24, 2.45) is 10.6 Å². The van der Waals surface area contributed by atoms with E-state index in [1.165, 1.54) is 0 Å². The molecule has 3 N–H and O–H groups in total. The summed E-state index contributed by atoms with van der Waals surface area (Å²) in [5.41, 5.74) is 1.45. The maximum Gasteiger partial charge on any atom is 0.238 e.